The first-order chi connectivity index (χ1) is 21.5. The maximum absolute atomic E-state index is 13.2. The molecule has 7 N–H and O–H groups in total. The molecule has 5 aromatic rings. The Bertz CT molecular complexity index is 2090. The molecule has 0 bridgehead atoms. The summed E-state index contributed by atoms with van der Waals surface area (Å²) in [6, 6.07) is 26.5. The van der Waals surface area contributed by atoms with Gasteiger partial charge in [0.05, 0.1) is 4.90 Å². The van der Waals surface area contributed by atoms with Crippen LogP contribution in [0, 0.1) is 0 Å². The third-order valence-electron chi connectivity index (χ3n) is 6.22. The number of hydrazine groups is 1. The maximum Gasteiger partial charge on any atom is 0.286 e. The molecule has 0 spiro atoms. The van der Waals surface area contributed by atoms with Crippen LogP contribution >= 0.6 is 23.4 Å². The minimum Gasteiger partial charge on any atom is -0.368 e. The van der Waals surface area contributed by atoms with Gasteiger partial charge in [-0.1, -0.05) is 66.7 Å². The second-order valence-corrected chi connectivity index (χ2v) is 13.9. The molecule has 45 heavy (non-hydrogen) atoms. The Labute approximate surface area is 268 Å². The molecule has 0 saturated heterocycles. The first-order valence-electron chi connectivity index (χ1n) is 13.1. The van der Waals surface area contributed by atoms with Crippen LogP contribution in [0.25, 0.3) is 10.8 Å². The van der Waals surface area contributed by atoms with Crippen molar-refractivity contribution in [1.29, 1.82) is 0 Å². The van der Waals surface area contributed by atoms with Gasteiger partial charge in [0.2, 0.25) is 33.2 Å². The van der Waals surface area contributed by atoms with Crippen LogP contribution in [-0.4, -0.2) is 37.7 Å². The molecule has 4 aromatic carbocycles. The molecule has 0 fully saturated rings. The van der Waals surface area contributed by atoms with E-state index in [1.807, 2.05) is 42.5 Å². The van der Waals surface area contributed by atoms with Gasteiger partial charge >= 0.3 is 0 Å². The van der Waals surface area contributed by atoms with Crippen LogP contribution in [0.4, 0.5) is 11.9 Å². The first kappa shape index (κ1) is 31.9. The summed E-state index contributed by atoms with van der Waals surface area (Å²) in [6.07, 6.45) is 0. The Hall–Kier alpha value is -4.48. The lowest BCUT2D eigenvalue weighted by Gasteiger charge is -2.11. The summed E-state index contributed by atoms with van der Waals surface area (Å²) in [4.78, 5) is 12.6. The number of fused-ring (bicyclic) bond motifs is 1. The van der Waals surface area contributed by atoms with Gasteiger partial charge in [-0.3, -0.25) is 10.9 Å². The van der Waals surface area contributed by atoms with Crippen molar-refractivity contribution in [2.24, 2.45) is 15.3 Å². The van der Waals surface area contributed by atoms with E-state index in [9.17, 15) is 16.8 Å². The number of primary sulfonamides is 1. The average molecular weight is 684 g/mol. The van der Waals surface area contributed by atoms with Gasteiger partial charge in [0.15, 0.2) is 0 Å². The van der Waals surface area contributed by atoms with E-state index in [4.69, 9.17) is 22.5 Å². The van der Waals surface area contributed by atoms with Crippen molar-refractivity contribution in [3.8, 4) is 0 Å². The summed E-state index contributed by atoms with van der Waals surface area (Å²) in [6.45, 7) is 0.220. The summed E-state index contributed by atoms with van der Waals surface area (Å²) >= 11 is 7.40. The van der Waals surface area contributed by atoms with Gasteiger partial charge in [-0.25, -0.2) is 13.6 Å². The smallest absolute Gasteiger partial charge is 0.286 e. The minimum absolute atomic E-state index is 0.00627. The van der Waals surface area contributed by atoms with Crippen molar-refractivity contribution >= 4 is 72.0 Å². The van der Waals surface area contributed by atoms with Gasteiger partial charge in [-0.2, -0.15) is 23.4 Å². The number of halogens is 1. The summed E-state index contributed by atoms with van der Waals surface area (Å²) in [5.74, 6) is 0.0771. The van der Waals surface area contributed by atoms with Crippen LogP contribution in [0.3, 0.4) is 0 Å². The largest absolute Gasteiger partial charge is 0.368 e. The van der Waals surface area contributed by atoms with Crippen LogP contribution < -0.4 is 27.0 Å². The highest BCUT2D eigenvalue weighted by molar-refractivity contribution is 7.99. The Kier molecular flexibility index (Phi) is 9.69. The highest BCUT2D eigenvalue weighted by Gasteiger charge is 2.19. The van der Waals surface area contributed by atoms with E-state index in [1.165, 1.54) is 30.0 Å². The van der Waals surface area contributed by atoms with Gasteiger partial charge in [0.25, 0.3) is 10.0 Å². The Morgan fingerprint density at radius 2 is 1.53 bits per heavy atom. The highest BCUT2D eigenvalue weighted by Crippen LogP contribution is 2.32. The molecule has 1 heterocycles. The molecular formula is C28H26ClN9O4S3. The van der Waals surface area contributed by atoms with Crippen molar-refractivity contribution in [2.45, 2.75) is 27.0 Å². The molecule has 0 saturated carbocycles. The van der Waals surface area contributed by atoms with Crippen LogP contribution in [0.15, 0.2) is 110 Å². The highest BCUT2D eigenvalue weighted by atomic mass is 35.5. The Morgan fingerprint density at radius 1 is 0.844 bits per heavy atom. The molecule has 0 radical (unpaired) electrons. The number of nitrogens with one attached hydrogen (secondary N) is 3. The number of hydrogen-bond donors (Lipinski definition) is 5. The molecule has 0 amide bonds. The van der Waals surface area contributed by atoms with Crippen molar-refractivity contribution in [2.75, 3.05) is 10.7 Å². The van der Waals surface area contributed by atoms with Crippen molar-refractivity contribution < 1.29 is 16.8 Å². The standard InChI is InChI=1S/C28H26ClN9O4S3/c29-25-33-27(32-16-18-12-14-21(15-13-18)44(31,39)40)35-28(34-25)37-36-26(30)38-45(41,42)24-11-4-3-10-23(24)43-17-20-8-5-7-19-6-1-2-9-22(19)20/h1-15H,16-17H2,(H3,30,36,38)(H2,31,39,40)(H2,32,33,34,35,37). The number of guanidine groups is 1. The van der Waals surface area contributed by atoms with Gasteiger partial charge in [0.1, 0.15) is 4.90 Å². The number of anilines is 2. The third-order valence-corrected chi connectivity index (χ3v) is 9.92. The fraction of sp³-hybridized carbons (Fsp3) is 0.0714. The predicted molar refractivity (Wildman–Crippen MR) is 175 cm³/mol. The zero-order valence-electron chi connectivity index (χ0n) is 23.3. The number of nitrogens with two attached hydrogens (primary N) is 2. The van der Waals surface area contributed by atoms with E-state index < -0.39 is 26.0 Å². The molecule has 0 unspecified atom stereocenters. The number of nitrogens with zero attached hydrogens (tertiary/aromatic N) is 4. The van der Waals surface area contributed by atoms with Gasteiger partial charge in [0, 0.05) is 17.2 Å². The normalized spacial score (nSPS) is 12.2. The fourth-order valence-corrected chi connectivity index (χ4v) is 7.23. The summed E-state index contributed by atoms with van der Waals surface area (Å²) in [5, 5.41) is 10.1. The summed E-state index contributed by atoms with van der Waals surface area (Å²) < 4.78 is 53.1. The molecule has 0 aliphatic carbocycles. The lowest BCUT2D eigenvalue weighted by atomic mass is 10.1. The number of hydrogen-bond acceptors (Lipinski definition) is 10. The summed E-state index contributed by atoms with van der Waals surface area (Å²) in [7, 11) is -8.01. The number of benzene rings is 4. The predicted octanol–water partition coefficient (Wildman–Crippen LogP) is 3.85. The quantitative estimate of drug-likeness (QED) is 0.0582. The number of thioether (sulfide) groups is 1. The molecule has 232 valence electrons. The number of rotatable bonds is 11. The third kappa shape index (κ3) is 8.37. The Balaban J connectivity index is 1.24. The molecule has 13 nitrogen and oxygen atoms in total. The van der Waals surface area contributed by atoms with E-state index >= 15 is 0 Å². The minimum atomic E-state index is -4.21. The van der Waals surface area contributed by atoms with Gasteiger partial charge in [-0.05, 0) is 57.8 Å². The van der Waals surface area contributed by atoms with Crippen molar-refractivity contribution in [3.05, 3.63) is 107 Å². The number of aromatic nitrogens is 3. The van der Waals surface area contributed by atoms with Crippen LogP contribution in [0.1, 0.15) is 11.1 Å². The lowest BCUT2D eigenvalue weighted by Crippen LogP contribution is -2.37. The molecule has 0 aliphatic rings. The molecular weight excluding hydrogens is 658 g/mol. The van der Waals surface area contributed by atoms with E-state index in [1.54, 1.807) is 30.3 Å². The zero-order valence-corrected chi connectivity index (χ0v) is 26.5. The lowest BCUT2D eigenvalue weighted by molar-refractivity contribution is 0.594. The van der Waals surface area contributed by atoms with E-state index in [0.29, 0.717) is 16.2 Å². The molecule has 1 aromatic heterocycles. The topological polar surface area (TPSA) is 207 Å². The average Bonchev–Trinajstić information content (AvgIpc) is 3.01. The first-order valence-corrected chi connectivity index (χ1v) is 17.4. The van der Waals surface area contributed by atoms with Gasteiger partial charge < -0.3 is 11.1 Å². The Morgan fingerprint density at radius 3 is 2.31 bits per heavy atom. The van der Waals surface area contributed by atoms with E-state index in [0.717, 1.165) is 16.3 Å². The van der Waals surface area contributed by atoms with Crippen LogP contribution in [-0.2, 0) is 32.3 Å². The van der Waals surface area contributed by atoms with Crippen LogP contribution in [0.2, 0.25) is 5.28 Å². The van der Waals surface area contributed by atoms with Crippen molar-refractivity contribution in [1.82, 2.24) is 20.4 Å². The molecule has 0 atom stereocenters. The SMILES string of the molecule is NC(=NS(=O)(=O)c1ccccc1SCc1cccc2ccccc12)NNc1nc(Cl)nc(NCc2ccc(S(N)(=O)=O)cc2)n1. The maximum atomic E-state index is 13.2. The molecule has 0 aliphatic heterocycles. The second-order valence-electron chi connectivity index (χ2n) is 9.37. The van der Waals surface area contributed by atoms with Crippen LogP contribution in [0.5, 0.6) is 0 Å². The van der Waals surface area contributed by atoms with E-state index in [-0.39, 0.29) is 33.5 Å². The summed E-state index contributed by atoms with van der Waals surface area (Å²) in [5.41, 5.74) is 12.7. The number of sulfonamides is 2. The van der Waals surface area contributed by atoms with Gasteiger partial charge in [-0.15, -0.1) is 16.2 Å². The molecule has 17 heteroatoms. The second kappa shape index (κ2) is 13.7. The fourth-order valence-electron chi connectivity index (χ4n) is 4.14. The monoisotopic (exact) mass is 683 g/mol. The zero-order chi connectivity index (χ0) is 32.0. The molecule has 5 rings (SSSR count). The van der Waals surface area contributed by atoms with Crippen molar-refractivity contribution in [3.63, 3.8) is 0 Å². The van der Waals surface area contributed by atoms with E-state index in [2.05, 4.69) is 35.5 Å².